The molecule has 0 spiro atoms. The topological polar surface area (TPSA) is 55.1 Å². The lowest BCUT2D eigenvalue weighted by atomic mass is 10.2. The molecule has 0 aliphatic carbocycles. The first-order chi connectivity index (χ1) is 9.74. The minimum Gasteiger partial charge on any atom is -0.361 e. The number of nitrogens with one attached hydrogen (secondary N) is 1. The predicted molar refractivity (Wildman–Crippen MR) is 78.0 cm³/mol. The molecule has 1 N–H and O–H groups in total. The van der Waals surface area contributed by atoms with Crippen LogP contribution in [-0.4, -0.2) is 17.6 Å². The van der Waals surface area contributed by atoms with E-state index in [1.54, 1.807) is 12.2 Å². The van der Waals surface area contributed by atoms with E-state index in [-0.39, 0.29) is 5.91 Å². The van der Waals surface area contributed by atoms with Gasteiger partial charge in [0.2, 0.25) is 5.91 Å². The third-order valence-electron chi connectivity index (χ3n) is 2.80. The smallest absolute Gasteiger partial charge is 0.243 e. The molecule has 0 saturated carbocycles. The SMILES string of the molecule is Cc1cc(CCCNC(=O)/C=C/c2ccccc2)on1. The molecule has 2 rings (SSSR count). The minimum absolute atomic E-state index is 0.0809. The largest absolute Gasteiger partial charge is 0.361 e. The number of carbonyl (C=O) groups excluding carboxylic acids is 1. The molecule has 0 bridgehead atoms. The highest BCUT2D eigenvalue weighted by Crippen LogP contribution is 2.04. The van der Waals surface area contributed by atoms with Crippen LogP contribution in [0.4, 0.5) is 0 Å². The van der Waals surface area contributed by atoms with Crippen molar-refractivity contribution in [1.29, 1.82) is 0 Å². The zero-order chi connectivity index (χ0) is 14.2. The Kier molecular flexibility index (Phi) is 5.12. The molecule has 104 valence electrons. The molecular formula is C16H18N2O2. The fourth-order valence-electron chi connectivity index (χ4n) is 1.80. The molecule has 1 aromatic heterocycles. The van der Waals surface area contributed by atoms with E-state index in [4.69, 9.17) is 4.52 Å². The summed E-state index contributed by atoms with van der Waals surface area (Å²) >= 11 is 0. The van der Waals surface area contributed by atoms with Gasteiger partial charge in [-0.05, 0) is 25.0 Å². The van der Waals surface area contributed by atoms with Crippen molar-refractivity contribution in [2.75, 3.05) is 6.54 Å². The molecule has 0 saturated heterocycles. The molecule has 0 atom stereocenters. The van der Waals surface area contributed by atoms with Crippen LogP contribution in [0.25, 0.3) is 6.08 Å². The summed E-state index contributed by atoms with van der Waals surface area (Å²) in [5.41, 5.74) is 1.90. The van der Waals surface area contributed by atoms with Gasteiger partial charge < -0.3 is 9.84 Å². The van der Waals surface area contributed by atoms with E-state index < -0.39 is 0 Å². The van der Waals surface area contributed by atoms with Gasteiger partial charge in [-0.1, -0.05) is 35.5 Å². The Balaban J connectivity index is 1.66. The van der Waals surface area contributed by atoms with Gasteiger partial charge in [-0.3, -0.25) is 4.79 Å². The molecule has 1 heterocycles. The predicted octanol–water partition coefficient (Wildman–Crippen LogP) is 2.75. The molecule has 0 aliphatic heterocycles. The van der Waals surface area contributed by atoms with E-state index >= 15 is 0 Å². The van der Waals surface area contributed by atoms with Crippen LogP contribution in [0.2, 0.25) is 0 Å². The number of aryl methyl sites for hydroxylation is 2. The van der Waals surface area contributed by atoms with E-state index in [1.165, 1.54) is 0 Å². The number of aromatic nitrogens is 1. The Morgan fingerprint density at radius 3 is 2.85 bits per heavy atom. The summed E-state index contributed by atoms with van der Waals surface area (Å²) in [6.45, 7) is 2.51. The molecular weight excluding hydrogens is 252 g/mol. The van der Waals surface area contributed by atoms with Crippen LogP contribution in [0.1, 0.15) is 23.4 Å². The van der Waals surface area contributed by atoms with Gasteiger partial charge >= 0.3 is 0 Å². The van der Waals surface area contributed by atoms with Crippen molar-refractivity contribution in [2.45, 2.75) is 19.8 Å². The van der Waals surface area contributed by atoms with Gasteiger partial charge in [-0.25, -0.2) is 0 Å². The average molecular weight is 270 g/mol. The van der Waals surface area contributed by atoms with E-state index in [1.807, 2.05) is 43.3 Å². The van der Waals surface area contributed by atoms with Crippen molar-refractivity contribution in [1.82, 2.24) is 10.5 Å². The standard InChI is InChI=1S/C16H18N2O2/c1-13-12-15(20-18-13)8-5-11-17-16(19)10-9-14-6-3-2-4-7-14/h2-4,6-7,9-10,12H,5,8,11H2,1H3,(H,17,19)/b10-9+. The van der Waals surface area contributed by atoms with Gasteiger partial charge in [-0.2, -0.15) is 0 Å². The van der Waals surface area contributed by atoms with Crippen LogP contribution in [0.3, 0.4) is 0 Å². The summed E-state index contributed by atoms with van der Waals surface area (Å²) < 4.78 is 5.10. The van der Waals surface area contributed by atoms with Crippen LogP contribution in [0.15, 0.2) is 47.0 Å². The van der Waals surface area contributed by atoms with Gasteiger partial charge in [0.05, 0.1) is 5.69 Å². The fraction of sp³-hybridized carbons (Fsp3) is 0.250. The van der Waals surface area contributed by atoms with Gasteiger partial charge in [0.25, 0.3) is 0 Å². The first-order valence-electron chi connectivity index (χ1n) is 6.67. The molecule has 1 aromatic carbocycles. The maximum absolute atomic E-state index is 11.6. The van der Waals surface area contributed by atoms with Crippen molar-refractivity contribution >= 4 is 12.0 Å². The number of hydrogen-bond donors (Lipinski definition) is 1. The van der Waals surface area contributed by atoms with Crippen molar-refractivity contribution < 1.29 is 9.32 Å². The molecule has 20 heavy (non-hydrogen) atoms. The van der Waals surface area contributed by atoms with Crippen molar-refractivity contribution in [3.05, 3.63) is 59.5 Å². The third kappa shape index (κ3) is 4.72. The molecule has 4 heteroatoms. The second kappa shape index (κ2) is 7.28. The highest BCUT2D eigenvalue weighted by atomic mass is 16.5. The lowest BCUT2D eigenvalue weighted by Gasteiger charge is -2.00. The monoisotopic (exact) mass is 270 g/mol. The molecule has 0 fully saturated rings. The molecule has 0 aliphatic rings. The zero-order valence-electron chi connectivity index (χ0n) is 11.5. The summed E-state index contributed by atoms with van der Waals surface area (Å²) in [4.78, 5) is 11.6. The molecule has 2 aromatic rings. The van der Waals surface area contributed by atoms with Gasteiger partial charge in [-0.15, -0.1) is 0 Å². The van der Waals surface area contributed by atoms with Crippen LogP contribution < -0.4 is 5.32 Å². The van der Waals surface area contributed by atoms with E-state index in [0.29, 0.717) is 6.54 Å². The number of rotatable bonds is 6. The fourth-order valence-corrected chi connectivity index (χ4v) is 1.80. The normalized spacial score (nSPS) is 10.8. The lowest BCUT2D eigenvalue weighted by Crippen LogP contribution is -2.22. The second-order valence-corrected chi connectivity index (χ2v) is 4.57. The van der Waals surface area contributed by atoms with Crippen molar-refractivity contribution in [3.63, 3.8) is 0 Å². The van der Waals surface area contributed by atoms with Crippen LogP contribution in [0, 0.1) is 6.92 Å². The van der Waals surface area contributed by atoms with Crippen molar-refractivity contribution in [2.24, 2.45) is 0 Å². The van der Waals surface area contributed by atoms with Crippen molar-refractivity contribution in [3.8, 4) is 0 Å². The molecule has 4 nitrogen and oxygen atoms in total. The number of benzene rings is 1. The summed E-state index contributed by atoms with van der Waals surface area (Å²) in [5.74, 6) is 0.777. The summed E-state index contributed by atoms with van der Waals surface area (Å²) in [6.07, 6.45) is 4.96. The van der Waals surface area contributed by atoms with E-state index in [9.17, 15) is 4.79 Å². The van der Waals surface area contributed by atoms with Crippen LogP contribution in [0.5, 0.6) is 0 Å². The number of carbonyl (C=O) groups is 1. The Morgan fingerprint density at radius 1 is 1.35 bits per heavy atom. The zero-order valence-corrected chi connectivity index (χ0v) is 11.5. The average Bonchev–Trinajstić information content (AvgIpc) is 2.88. The Bertz CT molecular complexity index is 573. The summed E-state index contributed by atoms with van der Waals surface area (Å²) in [5, 5.41) is 6.66. The van der Waals surface area contributed by atoms with E-state index in [0.717, 1.165) is 29.9 Å². The van der Waals surface area contributed by atoms with Gasteiger partial charge in [0, 0.05) is 25.1 Å². The highest BCUT2D eigenvalue weighted by molar-refractivity contribution is 5.91. The lowest BCUT2D eigenvalue weighted by molar-refractivity contribution is -0.116. The summed E-state index contributed by atoms with van der Waals surface area (Å²) in [6, 6.07) is 11.7. The van der Waals surface area contributed by atoms with E-state index in [2.05, 4.69) is 10.5 Å². The second-order valence-electron chi connectivity index (χ2n) is 4.57. The quantitative estimate of drug-likeness (QED) is 0.648. The summed E-state index contributed by atoms with van der Waals surface area (Å²) in [7, 11) is 0. The number of amides is 1. The highest BCUT2D eigenvalue weighted by Gasteiger charge is 2.00. The third-order valence-corrected chi connectivity index (χ3v) is 2.80. The maximum atomic E-state index is 11.6. The Labute approximate surface area is 118 Å². The van der Waals surface area contributed by atoms with Crippen LogP contribution >= 0.6 is 0 Å². The molecule has 0 unspecified atom stereocenters. The number of nitrogens with zero attached hydrogens (tertiary/aromatic N) is 1. The molecule has 0 radical (unpaired) electrons. The van der Waals surface area contributed by atoms with Gasteiger partial charge in [0.1, 0.15) is 5.76 Å². The minimum atomic E-state index is -0.0809. The first-order valence-corrected chi connectivity index (χ1v) is 6.67. The Hall–Kier alpha value is -2.36. The van der Waals surface area contributed by atoms with Gasteiger partial charge in [0.15, 0.2) is 0 Å². The number of hydrogen-bond acceptors (Lipinski definition) is 3. The first kappa shape index (κ1) is 14.1. The Morgan fingerprint density at radius 2 is 2.15 bits per heavy atom. The van der Waals surface area contributed by atoms with Crippen LogP contribution in [-0.2, 0) is 11.2 Å². The molecule has 1 amide bonds. The maximum Gasteiger partial charge on any atom is 0.243 e.